The Kier molecular flexibility index (Phi) is 17.4. The fraction of sp³-hybridized carbons (Fsp3) is 0.280. The van der Waals surface area contributed by atoms with Gasteiger partial charge in [0.2, 0.25) is 0 Å². The Hall–Kier alpha value is -4.32. The average molecular weight is 1060 g/mol. The molecular formula is C50H52O18P4. The van der Waals surface area contributed by atoms with Crippen LogP contribution in [-0.4, -0.2) is 46.8 Å². The van der Waals surface area contributed by atoms with E-state index in [0.717, 1.165) is 0 Å². The Balaban J connectivity index is 1.13. The number of fused-ring (bicyclic) bond motifs is 2. The van der Waals surface area contributed by atoms with Crippen molar-refractivity contribution in [1.82, 2.24) is 0 Å². The molecule has 72 heavy (non-hydrogen) atoms. The molecule has 0 bridgehead atoms. The van der Waals surface area contributed by atoms with Gasteiger partial charge in [-0.1, -0.05) is 170 Å². The summed E-state index contributed by atoms with van der Waals surface area (Å²) < 4.78 is 133. The lowest BCUT2D eigenvalue weighted by Gasteiger charge is -2.47. The summed E-state index contributed by atoms with van der Waals surface area (Å²) >= 11 is 0. The standard InChI is InChI=1S/C50H52O18P4/c51-45-46(52)48(66-70(54,59-31-39-21-9-3-10-22-39)60-32-40-23-11-4-12-24-40)50(68-72(56)63-35-43-27-15-16-28-44(43)36-64-72)49(67-71(55)61-33-41-25-13-14-26-42(41)34-62-71)47(45)65-69(53,57-29-37-17-5-1-6-18-37)58-30-38-19-7-2-8-20-38/h1-28,45-52H,29-36H2/t45-,46+,47-,48-,49+,50+/m0/s1. The average Bonchev–Trinajstić information content (AvgIpc) is 3.70. The Morgan fingerprint density at radius 2 is 0.625 bits per heavy atom. The van der Waals surface area contributed by atoms with Crippen LogP contribution in [0.5, 0.6) is 0 Å². The van der Waals surface area contributed by atoms with Gasteiger partial charge in [0, 0.05) is 0 Å². The quantitative estimate of drug-likeness (QED) is 0.0679. The summed E-state index contributed by atoms with van der Waals surface area (Å²) in [4.78, 5) is 0. The zero-order valence-electron chi connectivity index (χ0n) is 38.5. The van der Waals surface area contributed by atoms with Crippen LogP contribution in [0.4, 0.5) is 0 Å². The molecule has 3 aliphatic rings. The fourth-order valence-corrected chi connectivity index (χ4v) is 13.2. The minimum atomic E-state index is -4.99. The van der Waals surface area contributed by atoms with E-state index in [1.807, 2.05) is 0 Å². The van der Waals surface area contributed by atoms with Crippen LogP contribution in [-0.2, 0) is 125 Å². The van der Waals surface area contributed by atoms with Gasteiger partial charge in [0.05, 0.1) is 52.9 Å². The van der Waals surface area contributed by atoms with Gasteiger partial charge in [-0.25, -0.2) is 18.3 Å². The molecule has 0 saturated heterocycles. The van der Waals surface area contributed by atoms with Crippen molar-refractivity contribution in [2.24, 2.45) is 0 Å². The highest BCUT2D eigenvalue weighted by atomic mass is 31.2. The number of phosphoric acid groups is 4. The van der Waals surface area contributed by atoms with Crippen molar-refractivity contribution in [2.45, 2.75) is 89.5 Å². The number of phosphoric ester groups is 4. The molecule has 0 amide bonds. The summed E-state index contributed by atoms with van der Waals surface area (Å²) in [5, 5.41) is 24.8. The summed E-state index contributed by atoms with van der Waals surface area (Å²) in [6.07, 6.45) is -13.4. The van der Waals surface area contributed by atoms with Gasteiger partial charge < -0.3 is 10.2 Å². The molecule has 18 nitrogen and oxygen atoms in total. The SMILES string of the molecule is O=P1(O[C@H]2[C@H](OP3(=O)OCc4ccccc4CO3)[C@@H](OP(=O)(OCc3ccccc3)OCc3ccccc3)[C@@H](O)[C@@H](O)[C@@H]2OP(=O)(OCc2ccccc2)OCc2ccccc2)OCc2ccccc2CO1. The van der Waals surface area contributed by atoms with E-state index in [-0.39, 0.29) is 52.9 Å². The maximum absolute atomic E-state index is 15.2. The maximum Gasteiger partial charge on any atom is 0.475 e. The summed E-state index contributed by atoms with van der Waals surface area (Å²) in [7, 11) is -19.8. The fourth-order valence-electron chi connectivity index (χ4n) is 7.81. The van der Waals surface area contributed by atoms with E-state index >= 15 is 18.3 Å². The molecule has 2 N–H and O–H groups in total. The third-order valence-corrected chi connectivity index (χ3v) is 17.2. The lowest BCUT2D eigenvalue weighted by Crippen LogP contribution is -2.65. The molecule has 6 atom stereocenters. The van der Waals surface area contributed by atoms with E-state index in [1.165, 1.54) is 0 Å². The summed E-state index contributed by atoms with van der Waals surface area (Å²) in [5.41, 5.74) is 4.59. The molecular weight excluding hydrogens is 1010 g/mol. The first-order valence-corrected chi connectivity index (χ1v) is 28.7. The number of hydrogen-bond donors (Lipinski definition) is 2. The third kappa shape index (κ3) is 13.7. The van der Waals surface area contributed by atoms with Crippen molar-refractivity contribution in [1.29, 1.82) is 0 Å². The van der Waals surface area contributed by atoms with Gasteiger partial charge in [0.1, 0.15) is 36.6 Å². The van der Waals surface area contributed by atoms with Crippen LogP contribution in [0, 0.1) is 0 Å². The number of aliphatic hydroxyl groups excluding tert-OH is 2. The molecule has 0 radical (unpaired) electrons. The summed E-state index contributed by atoms with van der Waals surface area (Å²) in [5.74, 6) is 0. The highest BCUT2D eigenvalue weighted by Crippen LogP contribution is 2.63. The lowest BCUT2D eigenvalue weighted by molar-refractivity contribution is -0.213. The number of hydrogen-bond acceptors (Lipinski definition) is 18. The third-order valence-electron chi connectivity index (χ3n) is 11.7. The monoisotopic (exact) mass is 1060 g/mol. The van der Waals surface area contributed by atoms with Crippen molar-refractivity contribution in [2.75, 3.05) is 0 Å². The minimum Gasteiger partial charge on any atom is -0.387 e. The van der Waals surface area contributed by atoms with Crippen molar-refractivity contribution in [3.05, 3.63) is 214 Å². The van der Waals surface area contributed by atoms with Crippen LogP contribution in [0.2, 0.25) is 0 Å². The van der Waals surface area contributed by atoms with Crippen LogP contribution >= 0.6 is 31.3 Å². The van der Waals surface area contributed by atoms with Gasteiger partial charge in [0.15, 0.2) is 0 Å². The van der Waals surface area contributed by atoms with Crippen LogP contribution in [0.1, 0.15) is 44.5 Å². The molecule has 6 aromatic carbocycles. The second-order valence-electron chi connectivity index (χ2n) is 16.7. The maximum atomic E-state index is 15.2. The topological polar surface area (TPSA) is 219 Å². The lowest BCUT2D eigenvalue weighted by atomic mass is 9.85. The van der Waals surface area contributed by atoms with E-state index in [1.54, 1.807) is 170 Å². The van der Waals surface area contributed by atoms with E-state index in [9.17, 15) is 10.2 Å². The molecule has 1 aliphatic carbocycles. The van der Waals surface area contributed by atoms with Gasteiger partial charge in [-0.15, -0.1) is 0 Å². The molecule has 2 aliphatic heterocycles. The molecule has 6 aromatic rings. The Bertz CT molecular complexity index is 2550. The molecule has 380 valence electrons. The van der Waals surface area contributed by atoms with Gasteiger partial charge >= 0.3 is 31.3 Å². The highest BCUT2D eigenvalue weighted by Gasteiger charge is 2.61. The van der Waals surface area contributed by atoms with E-state index in [2.05, 4.69) is 0 Å². The molecule has 1 fully saturated rings. The van der Waals surface area contributed by atoms with E-state index in [0.29, 0.717) is 44.5 Å². The zero-order chi connectivity index (χ0) is 50.0. The summed E-state index contributed by atoms with van der Waals surface area (Å²) in [6.45, 7) is -2.62. The van der Waals surface area contributed by atoms with Crippen molar-refractivity contribution in [3.8, 4) is 0 Å². The molecule has 0 unspecified atom stereocenters. The first kappa shape index (κ1) is 52.5. The zero-order valence-corrected chi connectivity index (χ0v) is 42.1. The first-order chi connectivity index (χ1) is 34.9. The largest absolute Gasteiger partial charge is 0.475 e. The van der Waals surface area contributed by atoms with Crippen molar-refractivity contribution in [3.63, 3.8) is 0 Å². The van der Waals surface area contributed by atoms with Gasteiger partial charge in [0.25, 0.3) is 0 Å². The smallest absolute Gasteiger partial charge is 0.387 e. The normalized spacial score (nSPS) is 23.0. The predicted molar refractivity (Wildman–Crippen MR) is 259 cm³/mol. The molecule has 22 heteroatoms. The number of aliphatic hydroxyl groups is 2. The molecule has 9 rings (SSSR count). The number of benzene rings is 6. The van der Waals surface area contributed by atoms with Crippen LogP contribution in [0.3, 0.4) is 0 Å². The molecule has 1 saturated carbocycles. The molecule has 0 spiro atoms. The van der Waals surface area contributed by atoms with Gasteiger partial charge in [-0.05, 0) is 44.5 Å². The summed E-state index contributed by atoms with van der Waals surface area (Å²) in [6, 6.07) is 48.4. The van der Waals surface area contributed by atoms with Crippen LogP contribution < -0.4 is 0 Å². The first-order valence-electron chi connectivity index (χ1n) is 22.8. The predicted octanol–water partition coefficient (Wildman–Crippen LogP) is 11.1. The highest BCUT2D eigenvalue weighted by molar-refractivity contribution is 7.49. The second kappa shape index (κ2) is 23.9. The minimum absolute atomic E-state index is 0.306. The number of rotatable bonds is 20. The Morgan fingerprint density at radius 3 is 0.875 bits per heavy atom. The van der Waals surface area contributed by atoms with E-state index in [4.69, 9.17) is 54.3 Å². The van der Waals surface area contributed by atoms with E-state index < -0.39 is 67.9 Å². The van der Waals surface area contributed by atoms with Crippen LogP contribution in [0.15, 0.2) is 170 Å². The second-order valence-corrected chi connectivity index (χ2v) is 23.2. The van der Waals surface area contributed by atoms with Crippen molar-refractivity contribution >= 4 is 31.3 Å². The molecule has 2 heterocycles. The van der Waals surface area contributed by atoms with Crippen LogP contribution in [0.25, 0.3) is 0 Å². The Morgan fingerprint density at radius 1 is 0.389 bits per heavy atom. The Labute approximate surface area is 416 Å². The molecule has 0 aromatic heterocycles. The van der Waals surface area contributed by atoms with Crippen molar-refractivity contribution < 1.29 is 82.8 Å². The van der Waals surface area contributed by atoms with Gasteiger partial charge in [-0.2, -0.15) is 0 Å². The van der Waals surface area contributed by atoms with Gasteiger partial charge in [-0.3, -0.25) is 54.3 Å².